The summed E-state index contributed by atoms with van der Waals surface area (Å²) in [6.45, 7) is 1.92. The standard InChI is InChI=1S/C18H21N3O3S2/c1-12-10-20-18(25-12)21-17(22)15(9-13-5-3-4-6-13)16-8-7-14(11-19-16)26(2,23)24/h7-11,13H,3-6H2,1-2H3,(H,20,21,22)/b15-9+. The molecule has 26 heavy (non-hydrogen) atoms. The lowest BCUT2D eigenvalue weighted by molar-refractivity contribution is -0.111. The molecule has 1 fully saturated rings. The van der Waals surface area contributed by atoms with E-state index < -0.39 is 9.84 Å². The normalized spacial score (nSPS) is 16.0. The smallest absolute Gasteiger partial charge is 0.259 e. The number of nitrogens with one attached hydrogen (secondary N) is 1. The van der Waals surface area contributed by atoms with E-state index in [0.717, 1.165) is 36.8 Å². The van der Waals surface area contributed by atoms with Gasteiger partial charge in [0.25, 0.3) is 5.91 Å². The van der Waals surface area contributed by atoms with Gasteiger partial charge in [-0.2, -0.15) is 0 Å². The second-order valence-corrected chi connectivity index (χ2v) is 9.76. The third kappa shape index (κ3) is 4.56. The van der Waals surface area contributed by atoms with Crippen LogP contribution in [0.5, 0.6) is 0 Å². The van der Waals surface area contributed by atoms with E-state index >= 15 is 0 Å². The minimum Gasteiger partial charge on any atom is -0.298 e. The molecule has 1 amide bonds. The Morgan fingerprint density at radius 2 is 1.96 bits per heavy atom. The number of aromatic nitrogens is 2. The average Bonchev–Trinajstić information content (AvgIpc) is 3.23. The lowest BCUT2D eigenvalue weighted by atomic mass is 10.0. The molecule has 138 valence electrons. The molecule has 1 aliphatic rings. The first-order chi connectivity index (χ1) is 12.3. The number of allylic oxidation sites excluding steroid dienone is 1. The van der Waals surface area contributed by atoms with Crippen LogP contribution in [0.15, 0.2) is 35.5 Å². The Hall–Kier alpha value is -2.06. The first-order valence-corrected chi connectivity index (χ1v) is 11.2. The van der Waals surface area contributed by atoms with Crippen LogP contribution in [-0.2, 0) is 14.6 Å². The summed E-state index contributed by atoms with van der Waals surface area (Å²) in [6, 6.07) is 3.07. The molecule has 0 atom stereocenters. The van der Waals surface area contributed by atoms with Gasteiger partial charge in [-0.15, -0.1) is 11.3 Å². The zero-order valence-electron chi connectivity index (χ0n) is 14.7. The molecular weight excluding hydrogens is 370 g/mol. The molecule has 0 aromatic carbocycles. The van der Waals surface area contributed by atoms with Crippen LogP contribution < -0.4 is 5.32 Å². The number of amides is 1. The number of thiazole rings is 1. The molecule has 1 aliphatic carbocycles. The van der Waals surface area contributed by atoms with E-state index in [1.54, 1.807) is 12.3 Å². The largest absolute Gasteiger partial charge is 0.298 e. The number of anilines is 1. The van der Waals surface area contributed by atoms with Crippen molar-refractivity contribution in [1.82, 2.24) is 9.97 Å². The third-order valence-electron chi connectivity index (χ3n) is 4.33. The van der Waals surface area contributed by atoms with Crippen molar-refractivity contribution in [2.24, 2.45) is 5.92 Å². The van der Waals surface area contributed by atoms with Gasteiger partial charge in [0, 0.05) is 23.5 Å². The maximum atomic E-state index is 12.8. The van der Waals surface area contributed by atoms with E-state index in [9.17, 15) is 13.2 Å². The molecule has 0 saturated heterocycles. The van der Waals surface area contributed by atoms with E-state index in [4.69, 9.17) is 0 Å². The Kier molecular flexibility index (Phi) is 5.52. The number of pyridine rings is 1. The number of aryl methyl sites for hydroxylation is 1. The van der Waals surface area contributed by atoms with Crippen LogP contribution in [0.3, 0.4) is 0 Å². The molecule has 0 unspecified atom stereocenters. The lowest BCUT2D eigenvalue weighted by Crippen LogP contribution is -2.15. The number of hydrogen-bond acceptors (Lipinski definition) is 6. The van der Waals surface area contributed by atoms with Crippen molar-refractivity contribution in [2.75, 3.05) is 11.6 Å². The summed E-state index contributed by atoms with van der Waals surface area (Å²) in [6.07, 6.45) is 10.5. The number of rotatable bonds is 5. The van der Waals surface area contributed by atoms with Gasteiger partial charge in [-0.3, -0.25) is 15.1 Å². The predicted octanol–water partition coefficient (Wildman–Crippen LogP) is 3.46. The zero-order chi connectivity index (χ0) is 18.7. The summed E-state index contributed by atoms with van der Waals surface area (Å²) in [7, 11) is -3.32. The summed E-state index contributed by atoms with van der Waals surface area (Å²) < 4.78 is 23.3. The van der Waals surface area contributed by atoms with Gasteiger partial charge in [0.05, 0.1) is 16.2 Å². The number of carbonyl (C=O) groups is 1. The Morgan fingerprint density at radius 1 is 1.23 bits per heavy atom. The fourth-order valence-corrected chi connectivity index (χ4v) is 4.19. The fraction of sp³-hybridized carbons (Fsp3) is 0.389. The summed E-state index contributed by atoms with van der Waals surface area (Å²) >= 11 is 1.41. The van der Waals surface area contributed by atoms with Crippen molar-refractivity contribution < 1.29 is 13.2 Å². The maximum absolute atomic E-state index is 12.8. The van der Waals surface area contributed by atoms with Crippen LogP contribution in [0, 0.1) is 12.8 Å². The highest BCUT2D eigenvalue weighted by Crippen LogP contribution is 2.29. The molecule has 0 radical (unpaired) electrons. The van der Waals surface area contributed by atoms with Gasteiger partial charge in [-0.05, 0) is 37.8 Å². The number of carbonyl (C=O) groups excluding carboxylic acids is 1. The van der Waals surface area contributed by atoms with Crippen LogP contribution in [0.1, 0.15) is 36.3 Å². The Morgan fingerprint density at radius 3 is 2.50 bits per heavy atom. The van der Waals surface area contributed by atoms with E-state index in [0.29, 0.717) is 22.3 Å². The SMILES string of the molecule is Cc1cnc(NC(=O)/C(=C/C2CCCC2)c2ccc(S(C)(=O)=O)cn2)s1. The van der Waals surface area contributed by atoms with Gasteiger partial charge in [-0.25, -0.2) is 13.4 Å². The lowest BCUT2D eigenvalue weighted by Gasteiger charge is -2.10. The van der Waals surface area contributed by atoms with E-state index in [1.165, 1.54) is 23.6 Å². The minimum absolute atomic E-state index is 0.137. The molecule has 2 aromatic heterocycles. The highest BCUT2D eigenvalue weighted by atomic mass is 32.2. The third-order valence-corrected chi connectivity index (χ3v) is 6.26. The van der Waals surface area contributed by atoms with E-state index in [1.807, 2.05) is 13.0 Å². The monoisotopic (exact) mass is 391 g/mol. The van der Waals surface area contributed by atoms with Crippen LogP contribution in [0.2, 0.25) is 0 Å². The molecule has 1 saturated carbocycles. The first-order valence-electron chi connectivity index (χ1n) is 8.45. The predicted molar refractivity (Wildman–Crippen MR) is 103 cm³/mol. The zero-order valence-corrected chi connectivity index (χ0v) is 16.4. The summed E-state index contributed by atoms with van der Waals surface area (Å²) in [5, 5.41) is 3.36. The number of hydrogen-bond donors (Lipinski definition) is 1. The molecule has 1 N–H and O–H groups in total. The number of sulfone groups is 1. The van der Waals surface area contributed by atoms with Crippen LogP contribution in [0.4, 0.5) is 5.13 Å². The average molecular weight is 392 g/mol. The Labute approximate surface area is 157 Å². The van der Waals surface area contributed by atoms with Crippen molar-refractivity contribution in [3.63, 3.8) is 0 Å². The van der Waals surface area contributed by atoms with Crippen molar-refractivity contribution in [2.45, 2.75) is 37.5 Å². The van der Waals surface area contributed by atoms with Gasteiger partial charge in [0.2, 0.25) is 0 Å². The van der Waals surface area contributed by atoms with Crippen molar-refractivity contribution in [3.8, 4) is 0 Å². The first kappa shape index (κ1) is 18.7. The van der Waals surface area contributed by atoms with Gasteiger partial charge in [-0.1, -0.05) is 18.9 Å². The van der Waals surface area contributed by atoms with Gasteiger partial charge < -0.3 is 0 Å². The highest BCUT2D eigenvalue weighted by molar-refractivity contribution is 7.90. The summed E-state index contributed by atoms with van der Waals surface area (Å²) in [5.41, 5.74) is 0.930. The molecular formula is C18H21N3O3S2. The maximum Gasteiger partial charge on any atom is 0.259 e. The molecule has 0 bridgehead atoms. The molecule has 0 aliphatic heterocycles. The highest BCUT2D eigenvalue weighted by Gasteiger charge is 2.20. The molecule has 0 spiro atoms. The number of nitrogens with zero attached hydrogens (tertiary/aromatic N) is 2. The molecule has 6 nitrogen and oxygen atoms in total. The molecule has 2 aromatic rings. The fourth-order valence-electron chi connectivity index (χ4n) is 2.97. The van der Waals surface area contributed by atoms with Crippen molar-refractivity contribution >= 4 is 37.8 Å². The summed E-state index contributed by atoms with van der Waals surface area (Å²) in [5.74, 6) is 0.0658. The Balaban J connectivity index is 1.91. The van der Waals surface area contributed by atoms with Gasteiger partial charge in [0.15, 0.2) is 15.0 Å². The minimum atomic E-state index is -3.32. The summed E-state index contributed by atoms with van der Waals surface area (Å²) in [4.78, 5) is 22.4. The van der Waals surface area contributed by atoms with Gasteiger partial charge in [0.1, 0.15) is 0 Å². The van der Waals surface area contributed by atoms with E-state index in [2.05, 4.69) is 15.3 Å². The van der Waals surface area contributed by atoms with Crippen LogP contribution in [0.25, 0.3) is 5.57 Å². The van der Waals surface area contributed by atoms with E-state index in [-0.39, 0.29) is 10.8 Å². The van der Waals surface area contributed by atoms with Crippen molar-refractivity contribution in [3.05, 3.63) is 41.2 Å². The molecule has 8 heteroatoms. The topological polar surface area (TPSA) is 89.0 Å². The Bertz CT molecular complexity index is 925. The second-order valence-electron chi connectivity index (χ2n) is 6.51. The molecule has 2 heterocycles. The van der Waals surface area contributed by atoms with Gasteiger partial charge >= 0.3 is 0 Å². The second kappa shape index (κ2) is 7.67. The van der Waals surface area contributed by atoms with Crippen LogP contribution >= 0.6 is 11.3 Å². The van der Waals surface area contributed by atoms with Crippen molar-refractivity contribution in [1.29, 1.82) is 0 Å². The van der Waals surface area contributed by atoms with Crippen LogP contribution in [-0.4, -0.2) is 30.5 Å². The molecule has 3 rings (SSSR count). The quantitative estimate of drug-likeness (QED) is 0.789.